The molecule has 1 aliphatic rings. The third-order valence-corrected chi connectivity index (χ3v) is 5.56. The standard InChI is InChI=1S/C19H21N3O4S/c1-13(19(23)20-11-14-7-9-15(10-8-14)12-26-2)21-18-16-5-3-4-6-17(16)27(24,25)22-18/h3-10,13H,11-12H2,1-2H3,(H,20,23)(H,21,22)/t13-/m0/s1. The van der Waals surface area contributed by atoms with E-state index in [1.54, 1.807) is 32.2 Å². The van der Waals surface area contributed by atoms with Crippen molar-refractivity contribution in [1.29, 1.82) is 0 Å². The van der Waals surface area contributed by atoms with Crippen LogP contribution in [0.3, 0.4) is 0 Å². The molecule has 0 unspecified atom stereocenters. The summed E-state index contributed by atoms with van der Waals surface area (Å²) in [6.45, 7) is 2.53. The van der Waals surface area contributed by atoms with Gasteiger partial charge in [-0.1, -0.05) is 36.4 Å². The van der Waals surface area contributed by atoms with Gasteiger partial charge in [0.15, 0.2) is 0 Å². The SMILES string of the molecule is COCc1ccc(CNC(=O)[C@H](C)N=C2NS(=O)(=O)c3ccccc32)cc1. The number of aliphatic imine (C=N–C) groups is 1. The molecule has 0 bridgehead atoms. The summed E-state index contributed by atoms with van der Waals surface area (Å²) >= 11 is 0. The summed E-state index contributed by atoms with van der Waals surface area (Å²) in [5.41, 5.74) is 2.49. The molecule has 7 nitrogen and oxygen atoms in total. The Labute approximate surface area is 158 Å². The van der Waals surface area contributed by atoms with Crippen LogP contribution in [0.15, 0.2) is 58.4 Å². The van der Waals surface area contributed by atoms with Crippen molar-refractivity contribution in [2.45, 2.75) is 31.0 Å². The van der Waals surface area contributed by atoms with Gasteiger partial charge in [-0.15, -0.1) is 0 Å². The lowest BCUT2D eigenvalue weighted by atomic mass is 10.1. The van der Waals surface area contributed by atoms with E-state index in [4.69, 9.17) is 4.74 Å². The number of nitrogens with zero attached hydrogens (tertiary/aromatic N) is 1. The number of benzene rings is 2. The maximum Gasteiger partial charge on any atom is 0.263 e. The van der Waals surface area contributed by atoms with Gasteiger partial charge in [0, 0.05) is 19.2 Å². The molecule has 142 valence electrons. The molecule has 0 fully saturated rings. The second-order valence-electron chi connectivity index (χ2n) is 6.22. The highest BCUT2D eigenvalue weighted by molar-refractivity contribution is 7.90. The first-order valence-electron chi connectivity index (χ1n) is 8.45. The van der Waals surface area contributed by atoms with Gasteiger partial charge in [0.25, 0.3) is 10.0 Å². The molecule has 27 heavy (non-hydrogen) atoms. The molecule has 2 aromatic rings. The Morgan fingerprint density at radius 1 is 1.15 bits per heavy atom. The number of carbonyl (C=O) groups is 1. The Morgan fingerprint density at radius 2 is 1.81 bits per heavy atom. The fraction of sp³-hybridized carbons (Fsp3) is 0.263. The first-order valence-corrected chi connectivity index (χ1v) is 9.93. The van der Waals surface area contributed by atoms with Crippen LogP contribution in [0.4, 0.5) is 0 Å². The quantitative estimate of drug-likeness (QED) is 0.786. The van der Waals surface area contributed by atoms with E-state index >= 15 is 0 Å². The number of amides is 1. The molecule has 8 heteroatoms. The van der Waals surface area contributed by atoms with E-state index in [2.05, 4.69) is 15.0 Å². The second kappa shape index (κ2) is 7.89. The van der Waals surface area contributed by atoms with E-state index in [1.807, 2.05) is 24.3 Å². The van der Waals surface area contributed by atoms with Crippen LogP contribution in [-0.2, 0) is 32.7 Å². The number of hydrogen-bond acceptors (Lipinski definition) is 5. The molecule has 0 spiro atoms. The predicted octanol–water partition coefficient (Wildman–Crippen LogP) is 1.58. The van der Waals surface area contributed by atoms with Crippen molar-refractivity contribution in [2.24, 2.45) is 4.99 Å². The Balaban J connectivity index is 1.65. The number of ether oxygens (including phenoxy) is 1. The number of amidine groups is 1. The monoisotopic (exact) mass is 387 g/mol. The van der Waals surface area contributed by atoms with Gasteiger partial charge in [-0.3, -0.25) is 14.5 Å². The van der Waals surface area contributed by atoms with Crippen LogP contribution >= 0.6 is 0 Å². The lowest BCUT2D eigenvalue weighted by Gasteiger charge is -2.10. The number of rotatable bonds is 6. The number of nitrogens with one attached hydrogen (secondary N) is 2. The molecule has 0 saturated carbocycles. The molecule has 1 aliphatic heterocycles. The smallest absolute Gasteiger partial charge is 0.263 e. The van der Waals surface area contributed by atoms with Crippen molar-refractivity contribution in [3.63, 3.8) is 0 Å². The van der Waals surface area contributed by atoms with Crippen LogP contribution in [-0.4, -0.2) is 33.3 Å². The molecule has 1 atom stereocenters. The lowest BCUT2D eigenvalue weighted by molar-refractivity contribution is -0.122. The molecule has 1 amide bonds. The Bertz CT molecular complexity index is 969. The van der Waals surface area contributed by atoms with Gasteiger partial charge in [-0.05, 0) is 30.2 Å². The fourth-order valence-corrected chi connectivity index (χ4v) is 3.98. The van der Waals surface area contributed by atoms with E-state index in [1.165, 1.54) is 6.07 Å². The molecule has 2 aromatic carbocycles. The number of fused-ring (bicyclic) bond motifs is 1. The molecule has 0 aromatic heterocycles. The van der Waals surface area contributed by atoms with E-state index < -0.39 is 16.1 Å². The third-order valence-electron chi connectivity index (χ3n) is 4.17. The van der Waals surface area contributed by atoms with Crippen molar-refractivity contribution in [3.05, 3.63) is 65.2 Å². The topological polar surface area (TPSA) is 96.9 Å². The minimum absolute atomic E-state index is 0.174. The van der Waals surface area contributed by atoms with Gasteiger partial charge in [-0.25, -0.2) is 8.42 Å². The summed E-state index contributed by atoms with van der Waals surface area (Å²) in [6, 6.07) is 13.6. The second-order valence-corrected chi connectivity index (χ2v) is 7.87. The average Bonchev–Trinajstić information content (AvgIpc) is 2.91. The highest BCUT2D eigenvalue weighted by Crippen LogP contribution is 2.22. The molecule has 3 rings (SSSR count). The summed E-state index contributed by atoms with van der Waals surface area (Å²) in [7, 11) is -1.97. The van der Waals surface area contributed by atoms with Gasteiger partial charge in [0.1, 0.15) is 11.9 Å². The highest BCUT2D eigenvalue weighted by atomic mass is 32.2. The van der Waals surface area contributed by atoms with Crippen molar-refractivity contribution >= 4 is 21.8 Å². The number of hydrogen-bond donors (Lipinski definition) is 2. The molecule has 0 radical (unpaired) electrons. The predicted molar refractivity (Wildman–Crippen MR) is 102 cm³/mol. The summed E-state index contributed by atoms with van der Waals surface area (Å²) in [5, 5.41) is 2.81. The van der Waals surface area contributed by atoms with Crippen molar-refractivity contribution in [2.75, 3.05) is 7.11 Å². The largest absolute Gasteiger partial charge is 0.380 e. The molecular weight excluding hydrogens is 366 g/mol. The van der Waals surface area contributed by atoms with Crippen LogP contribution < -0.4 is 10.0 Å². The lowest BCUT2D eigenvalue weighted by Crippen LogP contribution is -2.33. The van der Waals surface area contributed by atoms with Gasteiger partial charge in [-0.2, -0.15) is 0 Å². The third kappa shape index (κ3) is 4.35. The first-order chi connectivity index (χ1) is 12.9. The van der Waals surface area contributed by atoms with E-state index in [0.717, 1.165) is 11.1 Å². The van der Waals surface area contributed by atoms with Gasteiger partial charge < -0.3 is 10.1 Å². The first kappa shape index (κ1) is 19.1. The van der Waals surface area contributed by atoms with Crippen LogP contribution in [0.2, 0.25) is 0 Å². The van der Waals surface area contributed by atoms with Crippen molar-refractivity contribution < 1.29 is 17.9 Å². The van der Waals surface area contributed by atoms with Crippen molar-refractivity contribution in [1.82, 2.24) is 10.0 Å². The number of methoxy groups -OCH3 is 1. The maximum absolute atomic E-state index is 12.3. The minimum Gasteiger partial charge on any atom is -0.380 e. The normalized spacial score (nSPS) is 17.2. The maximum atomic E-state index is 12.3. The zero-order valence-corrected chi connectivity index (χ0v) is 15.9. The average molecular weight is 387 g/mol. The Hall–Kier alpha value is -2.71. The summed E-state index contributed by atoms with van der Waals surface area (Å²) in [6.07, 6.45) is 0. The number of carbonyl (C=O) groups excluding carboxylic acids is 1. The zero-order valence-electron chi connectivity index (χ0n) is 15.1. The Kier molecular flexibility index (Phi) is 5.57. The highest BCUT2D eigenvalue weighted by Gasteiger charge is 2.31. The molecule has 0 saturated heterocycles. The van der Waals surface area contributed by atoms with Crippen LogP contribution in [0.25, 0.3) is 0 Å². The van der Waals surface area contributed by atoms with Crippen molar-refractivity contribution in [3.8, 4) is 0 Å². The van der Waals surface area contributed by atoms with Gasteiger partial charge in [0.05, 0.1) is 11.5 Å². The van der Waals surface area contributed by atoms with E-state index in [-0.39, 0.29) is 16.6 Å². The Morgan fingerprint density at radius 3 is 2.52 bits per heavy atom. The minimum atomic E-state index is -3.61. The van der Waals surface area contributed by atoms with Crippen LogP contribution in [0.5, 0.6) is 0 Å². The fourth-order valence-electron chi connectivity index (χ4n) is 2.74. The zero-order chi connectivity index (χ0) is 19.4. The number of sulfonamides is 1. The molecule has 1 heterocycles. The molecule has 0 aliphatic carbocycles. The van der Waals surface area contributed by atoms with Crippen LogP contribution in [0, 0.1) is 0 Å². The van der Waals surface area contributed by atoms with Crippen LogP contribution in [0.1, 0.15) is 23.6 Å². The summed E-state index contributed by atoms with van der Waals surface area (Å²) in [5.74, 6) is -0.0933. The van der Waals surface area contributed by atoms with E-state index in [9.17, 15) is 13.2 Å². The summed E-state index contributed by atoms with van der Waals surface area (Å²) in [4.78, 5) is 16.8. The molecular formula is C19H21N3O4S. The van der Waals surface area contributed by atoms with Gasteiger partial charge >= 0.3 is 0 Å². The van der Waals surface area contributed by atoms with E-state index in [0.29, 0.717) is 18.7 Å². The summed E-state index contributed by atoms with van der Waals surface area (Å²) < 4.78 is 31.7. The van der Waals surface area contributed by atoms with Gasteiger partial charge in [0.2, 0.25) is 5.91 Å². The molecule has 2 N–H and O–H groups in total.